The van der Waals surface area contributed by atoms with Gasteiger partial charge in [-0.25, -0.2) is 4.98 Å². The standard InChI is InChI=1S/C31H38B3N9O4S/c1-42(2)19-10-14-43(15-11-19)13-5-12-35-28(45)23-17-36-30(48-23)20-6-4-7-21(26(20)47-3)37-22-16-24(38-27(44)18-8-9-18)40-41-25(22)29(46)39-31(32,33)34/h4,6-7,16-19H,5,8-15H2,1-3H3,(H,35,45)(H,39,46)(H2,37,38,40,44). The Bertz CT molecular complexity index is 1620. The van der Waals surface area contributed by atoms with Gasteiger partial charge in [0.1, 0.15) is 9.88 Å². The molecule has 1 aliphatic heterocycles. The van der Waals surface area contributed by atoms with Gasteiger partial charge in [-0.2, -0.15) is 0 Å². The Hall–Kier alpha value is -3.95. The lowest BCUT2D eigenvalue weighted by atomic mass is 9.49. The van der Waals surface area contributed by atoms with E-state index in [9.17, 15) is 14.4 Å². The fourth-order valence-electron chi connectivity index (χ4n) is 5.47. The highest BCUT2D eigenvalue weighted by atomic mass is 32.1. The van der Waals surface area contributed by atoms with E-state index in [4.69, 9.17) is 28.3 Å². The monoisotopic (exact) mass is 665 g/mol. The molecule has 1 aliphatic carbocycles. The predicted molar refractivity (Wildman–Crippen MR) is 188 cm³/mol. The van der Waals surface area contributed by atoms with Crippen LogP contribution in [-0.2, 0) is 4.79 Å². The van der Waals surface area contributed by atoms with Crippen LogP contribution in [0, 0.1) is 5.92 Å². The van der Waals surface area contributed by atoms with Crippen molar-refractivity contribution in [3.8, 4) is 16.3 Å². The second-order valence-electron chi connectivity index (χ2n) is 12.3. The van der Waals surface area contributed by atoms with Crippen molar-refractivity contribution < 1.29 is 19.1 Å². The van der Waals surface area contributed by atoms with Crippen LogP contribution in [0.3, 0.4) is 0 Å². The number of nitrogens with zero attached hydrogens (tertiary/aromatic N) is 5. The number of aromatic nitrogens is 3. The lowest BCUT2D eigenvalue weighted by Gasteiger charge is -2.35. The van der Waals surface area contributed by atoms with E-state index < -0.39 is 11.1 Å². The number of ether oxygens (including phenoxy) is 1. The first-order valence-corrected chi connectivity index (χ1v) is 16.7. The van der Waals surface area contributed by atoms with Crippen molar-refractivity contribution in [1.82, 2.24) is 35.6 Å². The number of rotatable bonds is 14. The predicted octanol–water partition coefficient (Wildman–Crippen LogP) is 1.69. The lowest BCUT2D eigenvalue weighted by molar-refractivity contribution is -0.117. The average Bonchev–Trinajstić information content (AvgIpc) is 3.79. The van der Waals surface area contributed by atoms with E-state index >= 15 is 0 Å². The van der Waals surface area contributed by atoms with Crippen LogP contribution in [0.2, 0.25) is 0 Å². The molecule has 6 radical (unpaired) electrons. The van der Waals surface area contributed by atoms with E-state index in [2.05, 4.69) is 60.3 Å². The second kappa shape index (κ2) is 15.5. The highest BCUT2D eigenvalue weighted by molar-refractivity contribution is 7.17. The number of para-hydroxylation sites is 1. The SMILES string of the molecule is [B]C([B])([B])NC(=O)c1nnc(NC(=O)C2CC2)cc1Nc1cccc(-c2ncc(C(=O)NCCCN3CCC(N(C)C)CC3)s2)c1OC. The van der Waals surface area contributed by atoms with Gasteiger partial charge in [-0.05, 0) is 78.0 Å². The van der Waals surface area contributed by atoms with Crippen LogP contribution >= 0.6 is 11.3 Å². The van der Waals surface area contributed by atoms with Crippen molar-refractivity contribution in [2.75, 3.05) is 58.0 Å². The minimum absolute atomic E-state index is 0.0726. The summed E-state index contributed by atoms with van der Waals surface area (Å²) < 4.78 is 5.77. The third-order valence-corrected chi connectivity index (χ3v) is 9.24. The summed E-state index contributed by atoms with van der Waals surface area (Å²) in [5.41, 5.74) is 1.07. The molecule has 13 nitrogen and oxygen atoms in total. The van der Waals surface area contributed by atoms with Gasteiger partial charge in [0.15, 0.2) is 17.3 Å². The van der Waals surface area contributed by atoms with Crippen LogP contribution in [0.15, 0.2) is 30.5 Å². The first kappa shape index (κ1) is 35.4. The number of amides is 3. The summed E-state index contributed by atoms with van der Waals surface area (Å²) in [6.07, 6.45) is 6.34. The van der Waals surface area contributed by atoms with Crippen LogP contribution in [0.4, 0.5) is 17.2 Å². The summed E-state index contributed by atoms with van der Waals surface area (Å²) >= 11 is 1.24. The van der Waals surface area contributed by atoms with Crippen molar-refractivity contribution >= 4 is 69.8 Å². The van der Waals surface area contributed by atoms with E-state index in [1.54, 1.807) is 18.3 Å². The topological polar surface area (TPSA) is 154 Å². The molecule has 0 unspecified atom stereocenters. The fraction of sp³-hybridized carbons (Fsp3) is 0.484. The number of hydrogen-bond donors (Lipinski definition) is 4. The molecule has 0 bridgehead atoms. The lowest BCUT2D eigenvalue weighted by Crippen LogP contribution is -2.50. The smallest absolute Gasteiger partial charge is 0.272 e. The third-order valence-electron chi connectivity index (χ3n) is 8.21. The average molecular weight is 665 g/mol. The molecule has 246 valence electrons. The molecule has 1 aromatic carbocycles. The van der Waals surface area contributed by atoms with Gasteiger partial charge < -0.3 is 35.8 Å². The molecule has 1 saturated heterocycles. The van der Waals surface area contributed by atoms with Crippen molar-refractivity contribution in [2.24, 2.45) is 5.92 Å². The van der Waals surface area contributed by atoms with Gasteiger partial charge >= 0.3 is 0 Å². The number of benzene rings is 1. The third kappa shape index (κ3) is 9.35. The number of thiazole rings is 1. The van der Waals surface area contributed by atoms with Crippen molar-refractivity contribution in [1.29, 1.82) is 0 Å². The molecule has 3 amide bonds. The molecule has 1 saturated carbocycles. The maximum absolute atomic E-state index is 13.0. The molecular weight excluding hydrogens is 627 g/mol. The number of likely N-dealkylation sites (tertiary alicyclic amines) is 1. The molecule has 2 fully saturated rings. The molecular formula is C31H38B3N9O4S. The van der Waals surface area contributed by atoms with Crippen molar-refractivity contribution in [2.45, 2.75) is 43.4 Å². The molecule has 2 aliphatic rings. The number of piperidine rings is 1. The molecule has 5 rings (SSSR count). The Labute approximate surface area is 288 Å². The largest absolute Gasteiger partial charge is 0.494 e. The molecule has 3 aromatic rings. The van der Waals surface area contributed by atoms with E-state index in [0.717, 1.165) is 51.7 Å². The summed E-state index contributed by atoms with van der Waals surface area (Å²) in [5, 5.41) is 17.7. The Morgan fingerprint density at radius 3 is 2.48 bits per heavy atom. The van der Waals surface area contributed by atoms with Gasteiger partial charge in [-0.1, -0.05) is 11.3 Å². The Balaban J connectivity index is 1.27. The molecule has 3 heterocycles. The summed E-state index contributed by atoms with van der Waals surface area (Å²) in [6, 6.07) is 7.43. The van der Waals surface area contributed by atoms with Crippen LogP contribution in [0.5, 0.6) is 5.75 Å². The fourth-order valence-corrected chi connectivity index (χ4v) is 6.32. The van der Waals surface area contributed by atoms with Gasteiger partial charge in [0.2, 0.25) is 5.91 Å². The second-order valence-corrected chi connectivity index (χ2v) is 13.4. The van der Waals surface area contributed by atoms with E-state index in [1.165, 1.54) is 24.5 Å². The highest BCUT2D eigenvalue weighted by Crippen LogP contribution is 2.40. The summed E-state index contributed by atoms with van der Waals surface area (Å²) in [6.45, 7) is 3.67. The maximum atomic E-state index is 13.0. The molecule has 0 atom stereocenters. The Morgan fingerprint density at radius 2 is 1.81 bits per heavy atom. The Kier molecular flexibility index (Phi) is 11.4. The van der Waals surface area contributed by atoms with Crippen molar-refractivity contribution in [3.05, 3.63) is 41.0 Å². The zero-order valence-corrected chi connectivity index (χ0v) is 28.2. The highest BCUT2D eigenvalue weighted by Gasteiger charge is 2.30. The number of carbonyl (C=O) groups is 3. The summed E-state index contributed by atoms with van der Waals surface area (Å²) in [5.74, 6) is -0.692. The number of anilines is 3. The summed E-state index contributed by atoms with van der Waals surface area (Å²) in [7, 11) is 22.5. The number of nitrogens with one attached hydrogen (secondary N) is 4. The normalized spacial score (nSPS) is 15.6. The van der Waals surface area contributed by atoms with Crippen LogP contribution in [-0.4, -0.2) is 125 Å². The first-order valence-electron chi connectivity index (χ1n) is 15.9. The van der Waals surface area contributed by atoms with Crippen LogP contribution < -0.4 is 26.0 Å². The van der Waals surface area contributed by atoms with Crippen LogP contribution in [0.1, 0.15) is 52.3 Å². The first-order chi connectivity index (χ1) is 22.9. The number of hydrogen-bond acceptors (Lipinski definition) is 11. The number of carbonyl (C=O) groups excluding carboxylic acids is 3. The maximum Gasteiger partial charge on any atom is 0.272 e. The molecule has 48 heavy (non-hydrogen) atoms. The summed E-state index contributed by atoms with van der Waals surface area (Å²) in [4.78, 5) is 48.1. The zero-order valence-electron chi connectivity index (χ0n) is 27.4. The quantitative estimate of drug-likeness (QED) is 0.148. The van der Waals surface area contributed by atoms with Gasteiger partial charge in [0.25, 0.3) is 11.8 Å². The van der Waals surface area contributed by atoms with E-state index in [1.807, 2.05) is 6.07 Å². The molecule has 0 spiro atoms. The minimum Gasteiger partial charge on any atom is -0.494 e. The Morgan fingerprint density at radius 1 is 1.06 bits per heavy atom. The van der Waals surface area contributed by atoms with Gasteiger partial charge in [0, 0.05) is 24.6 Å². The number of methoxy groups -OCH3 is 1. The molecule has 17 heteroatoms. The molecule has 4 N–H and O–H groups in total. The van der Waals surface area contributed by atoms with Gasteiger partial charge in [0.05, 0.1) is 53.8 Å². The van der Waals surface area contributed by atoms with Crippen LogP contribution in [0.25, 0.3) is 10.6 Å². The van der Waals surface area contributed by atoms with Crippen molar-refractivity contribution in [3.63, 3.8) is 0 Å². The van der Waals surface area contributed by atoms with Gasteiger partial charge in [-0.15, -0.1) is 21.5 Å². The van der Waals surface area contributed by atoms with E-state index in [-0.39, 0.29) is 34.9 Å². The zero-order chi connectivity index (χ0) is 34.4. The minimum atomic E-state index is -2.01. The van der Waals surface area contributed by atoms with E-state index in [0.29, 0.717) is 39.5 Å². The van der Waals surface area contributed by atoms with Gasteiger partial charge in [-0.3, -0.25) is 14.4 Å². The molecule has 2 aromatic heterocycles.